The summed E-state index contributed by atoms with van der Waals surface area (Å²) in [6, 6.07) is 9.37. The van der Waals surface area contributed by atoms with Crippen LogP contribution >= 0.6 is 11.6 Å². The highest BCUT2D eigenvalue weighted by atomic mass is 35.5. The van der Waals surface area contributed by atoms with Crippen LogP contribution in [0.25, 0.3) is 5.57 Å². The van der Waals surface area contributed by atoms with E-state index in [2.05, 4.69) is 5.16 Å². The molecule has 11 heteroatoms. The maximum atomic E-state index is 13.5. The zero-order chi connectivity index (χ0) is 25.7. The predicted octanol–water partition coefficient (Wildman–Crippen LogP) is 5.78. The van der Waals surface area contributed by atoms with Gasteiger partial charge in [0.15, 0.2) is 0 Å². The van der Waals surface area contributed by atoms with E-state index in [0.29, 0.717) is 41.8 Å². The third-order valence-electron chi connectivity index (χ3n) is 6.55. The van der Waals surface area contributed by atoms with E-state index < -0.39 is 27.7 Å². The molecule has 188 valence electrons. The van der Waals surface area contributed by atoms with Crippen LogP contribution in [0, 0.1) is 5.92 Å². The van der Waals surface area contributed by atoms with Gasteiger partial charge in [0.25, 0.3) is 10.0 Å². The van der Waals surface area contributed by atoms with Gasteiger partial charge in [-0.1, -0.05) is 41.0 Å². The monoisotopic (exact) mass is 536 g/mol. The number of sulfonamides is 1. The number of oxime groups is 1. The molecule has 0 amide bonds. The number of fused-ring (bicyclic) bond motifs is 1. The quantitative estimate of drug-likeness (QED) is 0.464. The van der Waals surface area contributed by atoms with Crippen molar-refractivity contribution >= 4 is 38.9 Å². The summed E-state index contributed by atoms with van der Waals surface area (Å²) < 4.78 is 66.9. The number of rotatable bonds is 4. The number of halogens is 4. The smallest absolute Gasteiger partial charge is 0.318 e. The van der Waals surface area contributed by atoms with Gasteiger partial charge in [0.2, 0.25) is 0 Å². The highest BCUT2D eigenvalue weighted by molar-refractivity contribution is 7.89. The molecule has 0 aromatic heterocycles. The maximum Gasteiger partial charge on any atom is 0.416 e. The van der Waals surface area contributed by atoms with Crippen LogP contribution in [0.5, 0.6) is 0 Å². The average molecular weight is 537 g/mol. The molecule has 36 heavy (non-hydrogen) atoms. The Morgan fingerprint density at radius 2 is 1.81 bits per heavy atom. The molecule has 2 aromatic rings. The van der Waals surface area contributed by atoms with Gasteiger partial charge in [0.1, 0.15) is 0 Å². The number of nitrogens with zero attached hydrogens (tertiary/aromatic N) is 2. The summed E-state index contributed by atoms with van der Waals surface area (Å²) in [4.78, 5) is 16.0. The molecule has 3 aliphatic rings. The molecule has 0 saturated carbocycles. The Bertz CT molecular complexity index is 1430. The van der Waals surface area contributed by atoms with Crippen LogP contribution in [0.15, 0.2) is 70.4 Å². The van der Waals surface area contributed by atoms with Crippen LogP contribution in [0.1, 0.15) is 42.4 Å². The minimum Gasteiger partial charge on any atom is -0.318 e. The summed E-state index contributed by atoms with van der Waals surface area (Å²) in [5.74, 6) is -0.503. The minimum absolute atomic E-state index is 0.0312. The maximum absolute atomic E-state index is 13.5. The van der Waals surface area contributed by atoms with Gasteiger partial charge in [0.05, 0.1) is 27.6 Å². The number of alkyl halides is 3. The lowest BCUT2D eigenvalue weighted by atomic mass is 9.87. The Hall–Kier alpha value is -3.11. The number of benzene rings is 2. The fraction of sp³-hybridized carbons (Fsp3) is 0.280. The number of carbonyl (C=O) groups excluding carboxylic acids is 1. The lowest BCUT2D eigenvalue weighted by Gasteiger charge is -2.25. The molecule has 1 unspecified atom stereocenters. The Labute approximate surface area is 210 Å². The van der Waals surface area contributed by atoms with E-state index in [9.17, 15) is 26.4 Å². The Morgan fingerprint density at radius 3 is 2.44 bits per heavy atom. The summed E-state index contributed by atoms with van der Waals surface area (Å²) in [5, 5.41) is 3.95. The van der Waals surface area contributed by atoms with Crippen LogP contribution in [-0.4, -0.2) is 30.9 Å². The molecule has 1 atom stereocenters. The van der Waals surface area contributed by atoms with Gasteiger partial charge < -0.3 is 4.84 Å². The molecule has 6 nitrogen and oxygen atoms in total. The molecule has 0 N–H and O–H groups in total. The highest BCUT2D eigenvalue weighted by Crippen LogP contribution is 2.42. The van der Waals surface area contributed by atoms with Crippen molar-refractivity contribution in [2.75, 3.05) is 6.54 Å². The van der Waals surface area contributed by atoms with Crippen LogP contribution in [0.2, 0.25) is 5.02 Å². The second-order valence-electron chi connectivity index (χ2n) is 8.77. The standard InChI is InChI=1S/C25H20ClF3N2O4S/c26-21-14-19(6-7-20(21)22-8-10-24(32)35-30-22)36(33,34)31-12-11-17-13-16(3-9-23(17)31)15-1-4-18(5-2-15)25(27,28)29/h1-7,9,14,17H,8,10-13H2. The Balaban J connectivity index is 1.39. The van der Waals surface area contributed by atoms with Crippen molar-refractivity contribution in [2.24, 2.45) is 11.1 Å². The van der Waals surface area contributed by atoms with E-state index in [1.54, 1.807) is 18.2 Å². The normalized spacial score (nSPS) is 20.3. The first-order valence-corrected chi connectivity index (χ1v) is 13.0. The second-order valence-corrected chi connectivity index (χ2v) is 11.0. The van der Waals surface area contributed by atoms with E-state index >= 15 is 0 Å². The van der Waals surface area contributed by atoms with E-state index in [1.165, 1.54) is 28.6 Å². The predicted molar refractivity (Wildman–Crippen MR) is 127 cm³/mol. The van der Waals surface area contributed by atoms with Crippen molar-refractivity contribution in [1.82, 2.24) is 4.31 Å². The van der Waals surface area contributed by atoms with Gasteiger partial charge in [-0.15, -0.1) is 0 Å². The first-order chi connectivity index (χ1) is 17.0. The molecule has 1 fully saturated rings. The van der Waals surface area contributed by atoms with Crippen molar-refractivity contribution < 1.29 is 31.2 Å². The third-order valence-corrected chi connectivity index (χ3v) is 8.69. The molecule has 2 aliphatic heterocycles. The largest absolute Gasteiger partial charge is 0.416 e. The van der Waals surface area contributed by atoms with E-state index in [-0.39, 0.29) is 28.8 Å². The molecule has 1 saturated heterocycles. The van der Waals surface area contributed by atoms with Gasteiger partial charge in [0, 0.05) is 30.1 Å². The van der Waals surface area contributed by atoms with Crippen LogP contribution in [0.3, 0.4) is 0 Å². The van der Waals surface area contributed by atoms with Gasteiger partial charge in [-0.05, 0) is 54.3 Å². The zero-order valence-electron chi connectivity index (χ0n) is 18.8. The van der Waals surface area contributed by atoms with E-state index in [1.807, 2.05) is 0 Å². The molecule has 0 bridgehead atoms. The molecule has 5 rings (SSSR count). The molecule has 0 radical (unpaired) electrons. The third kappa shape index (κ3) is 4.55. The summed E-state index contributed by atoms with van der Waals surface area (Å²) in [6.45, 7) is 0.287. The summed E-state index contributed by atoms with van der Waals surface area (Å²) in [6.07, 6.45) is 0.732. The van der Waals surface area contributed by atoms with Gasteiger partial charge in [-0.25, -0.2) is 13.2 Å². The zero-order valence-corrected chi connectivity index (χ0v) is 20.3. The molecule has 2 heterocycles. The first kappa shape index (κ1) is 24.6. The number of carbonyl (C=O) groups is 1. The molecular weight excluding hydrogens is 517 g/mol. The number of allylic oxidation sites excluding steroid dienone is 4. The van der Waals surface area contributed by atoms with Crippen LogP contribution < -0.4 is 0 Å². The average Bonchev–Trinajstić information content (AvgIpc) is 3.28. The fourth-order valence-electron chi connectivity index (χ4n) is 4.66. The molecular formula is C25H20ClF3N2O4S. The summed E-state index contributed by atoms with van der Waals surface area (Å²) in [7, 11) is -3.89. The first-order valence-electron chi connectivity index (χ1n) is 11.2. The van der Waals surface area contributed by atoms with Gasteiger partial charge in [-0.3, -0.25) is 4.31 Å². The molecule has 2 aromatic carbocycles. The van der Waals surface area contributed by atoms with Crippen molar-refractivity contribution in [3.05, 3.63) is 82.0 Å². The number of hydrogen-bond acceptors (Lipinski definition) is 5. The lowest BCUT2D eigenvalue weighted by Crippen LogP contribution is -2.28. The van der Waals surface area contributed by atoms with Crippen molar-refractivity contribution in [3.8, 4) is 0 Å². The second kappa shape index (κ2) is 9.08. The van der Waals surface area contributed by atoms with Crippen molar-refractivity contribution in [2.45, 2.75) is 36.8 Å². The van der Waals surface area contributed by atoms with E-state index in [4.69, 9.17) is 16.4 Å². The van der Waals surface area contributed by atoms with Gasteiger partial charge >= 0.3 is 12.1 Å². The van der Waals surface area contributed by atoms with Crippen LogP contribution in [-0.2, 0) is 25.8 Å². The minimum atomic E-state index is -4.40. The topological polar surface area (TPSA) is 76.0 Å². The molecule has 0 spiro atoms. The highest BCUT2D eigenvalue weighted by Gasteiger charge is 2.38. The Morgan fingerprint density at radius 1 is 1.06 bits per heavy atom. The van der Waals surface area contributed by atoms with Crippen LogP contribution in [0.4, 0.5) is 13.2 Å². The SMILES string of the molecule is O=C1CCC(c2ccc(S(=O)(=O)N3CCC4CC(c5ccc(C(F)(F)F)cc5)=CC=C43)cc2Cl)=NO1. The molecule has 1 aliphatic carbocycles. The number of hydrogen-bond donors (Lipinski definition) is 0. The summed E-state index contributed by atoms with van der Waals surface area (Å²) in [5.41, 5.74) is 2.45. The summed E-state index contributed by atoms with van der Waals surface area (Å²) >= 11 is 6.38. The van der Waals surface area contributed by atoms with Crippen molar-refractivity contribution in [1.29, 1.82) is 0 Å². The lowest BCUT2D eigenvalue weighted by molar-refractivity contribution is -0.144. The van der Waals surface area contributed by atoms with Crippen molar-refractivity contribution in [3.63, 3.8) is 0 Å². The Kier molecular flexibility index (Phi) is 6.20. The van der Waals surface area contributed by atoms with Gasteiger partial charge in [-0.2, -0.15) is 13.2 Å². The fourth-order valence-corrected chi connectivity index (χ4v) is 6.61. The van der Waals surface area contributed by atoms with E-state index in [0.717, 1.165) is 17.7 Å².